The molecular weight excluding hydrogens is 419 g/mol. The molecule has 2 aromatic rings. The molecule has 9 heteroatoms. The van der Waals surface area contributed by atoms with Crippen LogP contribution in [-0.4, -0.2) is 43.4 Å². The summed E-state index contributed by atoms with van der Waals surface area (Å²) in [5, 5.41) is 5.70. The quantitative estimate of drug-likeness (QED) is 0.681. The number of hydrogen-bond acceptors (Lipinski definition) is 3. The van der Waals surface area contributed by atoms with Gasteiger partial charge in [0, 0.05) is 16.3 Å². The van der Waals surface area contributed by atoms with Crippen LogP contribution in [0.25, 0.3) is 0 Å². The molecule has 2 N–H and O–H groups in total. The van der Waals surface area contributed by atoms with Gasteiger partial charge in [-0.25, -0.2) is 0 Å². The molecule has 158 valence electrons. The Morgan fingerprint density at radius 3 is 2.47 bits per heavy atom. The summed E-state index contributed by atoms with van der Waals surface area (Å²) < 4.78 is 38.0. The average Bonchev–Trinajstić information content (AvgIpc) is 2.64. The predicted molar refractivity (Wildman–Crippen MR) is 109 cm³/mol. The zero-order valence-electron chi connectivity index (χ0n) is 16.0. The summed E-state index contributed by atoms with van der Waals surface area (Å²) in [4.78, 5) is 25.4. The van der Waals surface area contributed by atoms with Crippen molar-refractivity contribution in [3.8, 4) is 11.8 Å². The lowest BCUT2D eigenvalue weighted by atomic mass is 10.1. The van der Waals surface area contributed by atoms with Crippen molar-refractivity contribution in [1.29, 1.82) is 0 Å². The van der Waals surface area contributed by atoms with Gasteiger partial charge in [0.2, 0.25) is 11.8 Å². The number of benzene rings is 2. The molecule has 5 nitrogen and oxygen atoms in total. The Hall–Kier alpha value is -3.02. The third kappa shape index (κ3) is 8.15. The summed E-state index contributed by atoms with van der Waals surface area (Å²) >= 11 is 5.85. The Kier molecular flexibility index (Phi) is 8.27. The number of hydrogen-bond donors (Lipinski definition) is 2. The fourth-order valence-electron chi connectivity index (χ4n) is 2.43. The molecule has 0 atom stereocenters. The molecule has 2 rings (SSSR count). The highest BCUT2D eigenvalue weighted by molar-refractivity contribution is 6.30. The lowest BCUT2D eigenvalue weighted by Gasteiger charge is -2.15. The number of alkyl halides is 3. The second kappa shape index (κ2) is 10.7. The van der Waals surface area contributed by atoms with Gasteiger partial charge >= 0.3 is 6.18 Å². The molecule has 0 radical (unpaired) electrons. The fraction of sp³-hybridized carbons (Fsp3) is 0.238. The second-order valence-electron chi connectivity index (χ2n) is 6.39. The number of halogens is 4. The molecule has 0 fully saturated rings. The van der Waals surface area contributed by atoms with E-state index in [2.05, 4.69) is 22.5 Å². The minimum Gasteiger partial charge on any atom is -0.344 e. The molecule has 2 amide bonds. The Morgan fingerprint density at radius 2 is 1.77 bits per heavy atom. The van der Waals surface area contributed by atoms with Crippen LogP contribution in [0.2, 0.25) is 5.02 Å². The number of amides is 2. The molecule has 0 aliphatic rings. The fourth-order valence-corrected chi connectivity index (χ4v) is 2.62. The van der Waals surface area contributed by atoms with Crippen LogP contribution in [-0.2, 0) is 15.8 Å². The van der Waals surface area contributed by atoms with E-state index in [0.29, 0.717) is 10.7 Å². The van der Waals surface area contributed by atoms with Crippen LogP contribution in [0.3, 0.4) is 0 Å². The molecular formula is C21H19ClF3N3O2. The number of carbonyl (C=O) groups is 2. The first-order chi connectivity index (χ1) is 14.1. The maximum Gasteiger partial charge on any atom is 0.416 e. The van der Waals surface area contributed by atoms with Crippen molar-refractivity contribution in [2.45, 2.75) is 6.18 Å². The minimum absolute atomic E-state index is 0.0180. The van der Waals surface area contributed by atoms with Gasteiger partial charge in [-0.3, -0.25) is 14.5 Å². The summed E-state index contributed by atoms with van der Waals surface area (Å²) in [7, 11) is 1.60. The predicted octanol–water partition coefficient (Wildman–Crippen LogP) is 3.40. The summed E-state index contributed by atoms with van der Waals surface area (Å²) in [6, 6.07) is 11.3. The zero-order valence-corrected chi connectivity index (χ0v) is 16.8. The zero-order chi connectivity index (χ0) is 22.1. The van der Waals surface area contributed by atoms with E-state index in [9.17, 15) is 22.8 Å². The minimum atomic E-state index is -4.43. The molecule has 0 unspecified atom stereocenters. The van der Waals surface area contributed by atoms with Crippen molar-refractivity contribution in [1.82, 2.24) is 10.2 Å². The van der Waals surface area contributed by atoms with E-state index in [1.807, 2.05) is 0 Å². The van der Waals surface area contributed by atoms with Crippen molar-refractivity contribution < 1.29 is 22.8 Å². The highest BCUT2D eigenvalue weighted by atomic mass is 35.5. The Morgan fingerprint density at radius 1 is 1.07 bits per heavy atom. The number of anilines is 1. The van der Waals surface area contributed by atoms with E-state index in [0.717, 1.165) is 12.1 Å². The molecule has 0 bridgehead atoms. The van der Waals surface area contributed by atoms with Crippen molar-refractivity contribution in [3.63, 3.8) is 0 Å². The van der Waals surface area contributed by atoms with Crippen molar-refractivity contribution >= 4 is 29.1 Å². The number of nitrogens with zero attached hydrogens (tertiary/aromatic N) is 1. The van der Waals surface area contributed by atoms with Gasteiger partial charge < -0.3 is 10.6 Å². The highest BCUT2D eigenvalue weighted by Gasteiger charge is 2.30. The number of likely N-dealkylation sites (N-methyl/N-ethyl adjacent to an activating group) is 1. The Balaban J connectivity index is 1.76. The summed E-state index contributed by atoms with van der Waals surface area (Å²) in [5.74, 6) is 4.50. The number of nitrogens with one attached hydrogen (secondary N) is 2. The maximum absolute atomic E-state index is 12.7. The van der Waals surface area contributed by atoms with E-state index >= 15 is 0 Å². The van der Waals surface area contributed by atoms with Crippen LogP contribution < -0.4 is 10.6 Å². The van der Waals surface area contributed by atoms with Crippen LogP contribution in [0, 0.1) is 11.8 Å². The first-order valence-electron chi connectivity index (χ1n) is 8.80. The summed E-state index contributed by atoms with van der Waals surface area (Å²) in [5.41, 5.74) is -0.0277. The van der Waals surface area contributed by atoms with E-state index in [1.54, 1.807) is 31.3 Å². The standard InChI is InChI=1S/C21H19ClF3N3O2/c1-28(14-20(30)27-18-9-3-8-17(22)12-18)13-19(29)26-10-4-6-15-5-2-7-16(11-15)21(23,24)25/h2-3,5,7-9,11-12H,10,13-14H2,1H3,(H,26,29)(H,27,30). The number of carbonyl (C=O) groups excluding carboxylic acids is 2. The first-order valence-corrected chi connectivity index (χ1v) is 9.18. The summed E-state index contributed by atoms with van der Waals surface area (Å²) in [6.45, 7) is -0.0956. The van der Waals surface area contributed by atoms with Gasteiger partial charge in [-0.2, -0.15) is 13.2 Å². The Bertz CT molecular complexity index is 968. The molecule has 0 spiro atoms. The van der Waals surface area contributed by atoms with Gasteiger partial charge in [0.05, 0.1) is 25.2 Å². The van der Waals surface area contributed by atoms with Gasteiger partial charge in [0.25, 0.3) is 0 Å². The van der Waals surface area contributed by atoms with E-state index < -0.39 is 11.7 Å². The molecule has 0 saturated heterocycles. The summed E-state index contributed by atoms with van der Waals surface area (Å²) in [6.07, 6.45) is -4.43. The molecule has 0 saturated carbocycles. The van der Waals surface area contributed by atoms with E-state index in [4.69, 9.17) is 11.6 Å². The van der Waals surface area contributed by atoms with E-state index in [1.165, 1.54) is 17.0 Å². The van der Waals surface area contributed by atoms with Crippen molar-refractivity contribution in [2.75, 3.05) is 32.0 Å². The normalized spacial score (nSPS) is 10.9. The first kappa shape index (κ1) is 23.3. The van der Waals surface area contributed by atoms with E-state index in [-0.39, 0.29) is 37.0 Å². The van der Waals surface area contributed by atoms with Gasteiger partial charge in [0.1, 0.15) is 0 Å². The SMILES string of the molecule is CN(CC(=O)NCC#Cc1cccc(C(F)(F)F)c1)CC(=O)Nc1cccc(Cl)c1. The van der Waals surface area contributed by atoms with Gasteiger partial charge in [-0.05, 0) is 43.4 Å². The molecule has 2 aromatic carbocycles. The van der Waals surface area contributed by atoms with Crippen LogP contribution in [0.15, 0.2) is 48.5 Å². The second-order valence-corrected chi connectivity index (χ2v) is 6.82. The maximum atomic E-state index is 12.7. The molecule has 0 aliphatic carbocycles. The molecule has 0 aromatic heterocycles. The van der Waals surface area contributed by atoms with Crippen LogP contribution >= 0.6 is 11.6 Å². The molecule has 0 heterocycles. The van der Waals surface area contributed by atoms with Crippen molar-refractivity contribution in [2.24, 2.45) is 0 Å². The third-order valence-electron chi connectivity index (χ3n) is 3.73. The van der Waals surface area contributed by atoms with Crippen molar-refractivity contribution in [3.05, 3.63) is 64.7 Å². The average molecular weight is 438 g/mol. The molecule has 30 heavy (non-hydrogen) atoms. The number of rotatable bonds is 6. The monoisotopic (exact) mass is 437 g/mol. The third-order valence-corrected chi connectivity index (χ3v) is 3.97. The van der Waals surface area contributed by atoms with Crippen LogP contribution in [0.4, 0.5) is 18.9 Å². The van der Waals surface area contributed by atoms with Gasteiger partial charge in [-0.15, -0.1) is 0 Å². The lowest BCUT2D eigenvalue weighted by Crippen LogP contribution is -2.39. The van der Waals surface area contributed by atoms with Crippen LogP contribution in [0.1, 0.15) is 11.1 Å². The highest BCUT2D eigenvalue weighted by Crippen LogP contribution is 2.29. The van der Waals surface area contributed by atoms with Crippen LogP contribution in [0.5, 0.6) is 0 Å². The van der Waals surface area contributed by atoms with Gasteiger partial charge in [0.15, 0.2) is 0 Å². The molecule has 0 aliphatic heterocycles. The smallest absolute Gasteiger partial charge is 0.344 e. The lowest BCUT2D eigenvalue weighted by molar-refractivity contribution is -0.137. The Labute approximate surface area is 177 Å². The largest absolute Gasteiger partial charge is 0.416 e. The van der Waals surface area contributed by atoms with Gasteiger partial charge in [-0.1, -0.05) is 35.6 Å². The topological polar surface area (TPSA) is 61.4 Å².